The normalized spacial score (nSPS) is 11.2. The lowest BCUT2D eigenvalue weighted by molar-refractivity contribution is -0.115. The summed E-state index contributed by atoms with van der Waals surface area (Å²) in [5.41, 5.74) is 5.54. The summed E-state index contributed by atoms with van der Waals surface area (Å²) in [4.78, 5) is 12.2. The predicted molar refractivity (Wildman–Crippen MR) is 36.6 cm³/mol. The highest BCUT2D eigenvalue weighted by atomic mass is 16.1. The topological polar surface area (TPSA) is 46.3 Å². The molecule has 0 aliphatic heterocycles. The quantitative estimate of drug-likeness (QED) is 0.529. The molecule has 3 nitrogen and oxygen atoms in total. The van der Waals surface area contributed by atoms with Crippen LogP contribution in [0.2, 0.25) is 0 Å². The second-order valence-corrected chi connectivity index (χ2v) is 1.93. The number of nitrogens with two attached hydrogens (primary N) is 1. The van der Waals surface area contributed by atoms with Crippen LogP contribution < -0.4 is 5.73 Å². The minimum Gasteiger partial charge on any atom is -0.374 e. The van der Waals surface area contributed by atoms with E-state index in [9.17, 15) is 4.79 Å². The SMILES string of the molecule is CC=C(C(N)=O)N(C)C. The molecule has 2 N–H and O–H groups in total. The van der Waals surface area contributed by atoms with E-state index in [4.69, 9.17) is 5.73 Å². The van der Waals surface area contributed by atoms with Crippen molar-refractivity contribution in [3.8, 4) is 0 Å². The fourth-order valence-corrected chi connectivity index (χ4v) is 0.621. The number of amides is 1. The second-order valence-electron chi connectivity index (χ2n) is 1.93. The summed E-state index contributed by atoms with van der Waals surface area (Å²) in [7, 11) is 3.56. The Hall–Kier alpha value is -0.990. The van der Waals surface area contributed by atoms with Crippen LogP contribution in [0.5, 0.6) is 0 Å². The maximum Gasteiger partial charge on any atom is 0.264 e. The molecule has 0 unspecified atom stereocenters. The summed E-state index contributed by atoms with van der Waals surface area (Å²) in [5, 5.41) is 0. The summed E-state index contributed by atoms with van der Waals surface area (Å²) in [6, 6.07) is 0. The number of carbonyl (C=O) groups is 1. The van der Waals surface area contributed by atoms with Gasteiger partial charge in [-0.25, -0.2) is 0 Å². The van der Waals surface area contributed by atoms with Crippen LogP contribution in [0, 0.1) is 0 Å². The Morgan fingerprint density at radius 2 is 2.00 bits per heavy atom. The zero-order chi connectivity index (χ0) is 7.44. The van der Waals surface area contributed by atoms with Gasteiger partial charge in [0.25, 0.3) is 5.91 Å². The average molecular weight is 128 g/mol. The van der Waals surface area contributed by atoms with Crippen molar-refractivity contribution >= 4 is 5.91 Å². The van der Waals surface area contributed by atoms with E-state index in [1.54, 1.807) is 32.0 Å². The minimum atomic E-state index is -0.387. The fourth-order valence-electron chi connectivity index (χ4n) is 0.621. The number of nitrogens with zero attached hydrogens (tertiary/aromatic N) is 1. The molecule has 0 rings (SSSR count). The van der Waals surface area contributed by atoms with Crippen molar-refractivity contribution in [3.63, 3.8) is 0 Å². The van der Waals surface area contributed by atoms with E-state index in [2.05, 4.69) is 0 Å². The Morgan fingerprint density at radius 3 is 2.00 bits per heavy atom. The van der Waals surface area contributed by atoms with Gasteiger partial charge in [0.05, 0.1) is 5.70 Å². The lowest BCUT2D eigenvalue weighted by Crippen LogP contribution is -2.24. The number of carbonyl (C=O) groups excluding carboxylic acids is 1. The molecular weight excluding hydrogens is 116 g/mol. The zero-order valence-corrected chi connectivity index (χ0v) is 6.01. The van der Waals surface area contributed by atoms with Gasteiger partial charge in [-0.3, -0.25) is 4.79 Å². The Balaban J connectivity index is 4.19. The molecule has 0 aromatic heterocycles. The number of hydrogen-bond donors (Lipinski definition) is 1. The van der Waals surface area contributed by atoms with E-state index >= 15 is 0 Å². The molecule has 0 heterocycles. The van der Waals surface area contributed by atoms with Gasteiger partial charge in [0.15, 0.2) is 0 Å². The number of hydrogen-bond acceptors (Lipinski definition) is 2. The molecule has 0 saturated heterocycles. The molecule has 0 aromatic carbocycles. The largest absolute Gasteiger partial charge is 0.374 e. The molecule has 3 heteroatoms. The summed E-state index contributed by atoms with van der Waals surface area (Å²) in [5.74, 6) is -0.387. The van der Waals surface area contributed by atoms with Crippen LogP contribution >= 0.6 is 0 Å². The van der Waals surface area contributed by atoms with E-state index in [0.29, 0.717) is 5.70 Å². The molecule has 0 aliphatic rings. The predicted octanol–water partition coefficient (Wildman–Crippen LogP) is -0.0629. The van der Waals surface area contributed by atoms with Gasteiger partial charge in [0.2, 0.25) is 0 Å². The molecule has 0 bridgehead atoms. The van der Waals surface area contributed by atoms with Gasteiger partial charge >= 0.3 is 0 Å². The summed E-state index contributed by atoms with van der Waals surface area (Å²) >= 11 is 0. The molecule has 0 radical (unpaired) electrons. The van der Waals surface area contributed by atoms with E-state index in [-0.39, 0.29) is 5.91 Å². The minimum absolute atomic E-state index is 0.387. The van der Waals surface area contributed by atoms with Crippen LogP contribution in [0.1, 0.15) is 6.92 Å². The van der Waals surface area contributed by atoms with Gasteiger partial charge in [-0.05, 0) is 6.92 Å². The van der Waals surface area contributed by atoms with E-state index < -0.39 is 0 Å². The van der Waals surface area contributed by atoms with E-state index in [0.717, 1.165) is 0 Å². The smallest absolute Gasteiger partial charge is 0.264 e. The molecule has 0 atom stereocenters. The molecule has 52 valence electrons. The van der Waals surface area contributed by atoms with Crippen LogP contribution in [0.3, 0.4) is 0 Å². The Morgan fingerprint density at radius 1 is 1.56 bits per heavy atom. The molecular formula is C6H12N2O. The first-order chi connectivity index (χ1) is 4.09. The number of rotatable bonds is 2. The van der Waals surface area contributed by atoms with Gasteiger partial charge < -0.3 is 10.6 Å². The molecule has 9 heavy (non-hydrogen) atoms. The van der Waals surface area contributed by atoms with Crippen LogP contribution in [0.4, 0.5) is 0 Å². The zero-order valence-electron chi connectivity index (χ0n) is 6.01. The highest BCUT2D eigenvalue weighted by Gasteiger charge is 2.02. The molecule has 0 aliphatic carbocycles. The number of allylic oxidation sites excluding steroid dienone is 1. The fraction of sp³-hybridized carbons (Fsp3) is 0.500. The van der Waals surface area contributed by atoms with Crippen molar-refractivity contribution in [2.24, 2.45) is 5.73 Å². The van der Waals surface area contributed by atoms with Crippen molar-refractivity contribution in [1.29, 1.82) is 0 Å². The van der Waals surface area contributed by atoms with Gasteiger partial charge in [-0.15, -0.1) is 0 Å². The third kappa shape index (κ3) is 2.17. The Labute approximate surface area is 55.1 Å². The lowest BCUT2D eigenvalue weighted by atomic mass is 10.4. The number of likely N-dealkylation sites (N-methyl/N-ethyl adjacent to an activating group) is 1. The first-order valence-corrected chi connectivity index (χ1v) is 2.73. The number of primary amides is 1. The summed E-state index contributed by atoms with van der Waals surface area (Å²) in [6.45, 7) is 1.78. The first-order valence-electron chi connectivity index (χ1n) is 2.73. The van der Waals surface area contributed by atoms with Crippen LogP contribution in [-0.2, 0) is 4.79 Å². The van der Waals surface area contributed by atoms with Gasteiger partial charge in [-0.2, -0.15) is 0 Å². The first kappa shape index (κ1) is 8.01. The maximum atomic E-state index is 10.5. The highest BCUT2D eigenvalue weighted by molar-refractivity contribution is 5.91. The van der Waals surface area contributed by atoms with Crippen molar-refractivity contribution < 1.29 is 4.79 Å². The van der Waals surface area contributed by atoms with Gasteiger partial charge in [0.1, 0.15) is 0 Å². The lowest BCUT2D eigenvalue weighted by Gasteiger charge is -2.12. The molecule has 0 spiro atoms. The standard InChI is InChI=1S/C6H12N2O/c1-4-5(6(7)9)8(2)3/h4H,1-3H3,(H2,7,9). The second kappa shape index (κ2) is 3.12. The summed E-state index contributed by atoms with van der Waals surface area (Å²) < 4.78 is 0. The molecule has 0 fully saturated rings. The van der Waals surface area contributed by atoms with E-state index in [1.807, 2.05) is 0 Å². The Bertz CT molecular complexity index is 138. The maximum absolute atomic E-state index is 10.5. The highest BCUT2D eigenvalue weighted by Crippen LogP contribution is 1.94. The summed E-state index contributed by atoms with van der Waals surface area (Å²) in [6.07, 6.45) is 1.68. The molecule has 0 aromatic rings. The van der Waals surface area contributed by atoms with Crippen LogP contribution in [0.25, 0.3) is 0 Å². The van der Waals surface area contributed by atoms with Crippen molar-refractivity contribution in [3.05, 3.63) is 11.8 Å². The molecule has 1 amide bonds. The van der Waals surface area contributed by atoms with Crippen molar-refractivity contribution in [2.45, 2.75) is 6.92 Å². The van der Waals surface area contributed by atoms with Gasteiger partial charge in [0, 0.05) is 14.1 Å². The third-order valence-corrected chi connectivity index (χ3v) is 1.01. The van der Waals surface area contributed by atoms with Crippen LogP contribution in [-0.4, -0.2) is 24.9 Å². The Kier molecular flexibility index (Phi) is 2.78. The van der Waals surface area contributed by atoms with Crippen molar-refractivity contribution in [2.75, 3.05) is 14.1 Å². The van der Waals surface area contributed by atoms with E-state index in [1.165, 1.54) is 0 Å². The third-order valence-electron chi connectivity index (χ3n) is 1.01. The monoisotopic (exact) mass is 128 g/mol. The average Bonchev–Trinajstić information content (AvgIpc) is 1.64. The molecule has 0 saturated carbocycles. The van der Waals surface area contributed by atoms with Crippen molar-refractivity contribution in [1.82, 2.24) is 4.90 Å². The van der Waals surface area contributed by atoms with Gasteiger partial charge in [-0.1, -0.05) is 6.08 Å². The van der Waals surface area contributed by atoms with Crippen LogP contribution in [0.15, 0.2) is 11.8 Å².